The van der Waals surface area contributed by atoms with E-state index in [1.807, 2.05) is 12.1 Å². The van der Waals surface area contributed by atoms with Gasteiger partial charge in [0.1, 0.15) is 0 Å². The van der Waals surface area contributed by atoms with Crippen LogP contribution in [0.15, 0.2) is 24.3 Å². The smallest absolute Gasteiger partial charge is 0.309 e. The topological polar surface area (TPSA) is 55.8 Å². The highest BCUT2D eigenvalue weighted by atomic mass is 16.5. The molecule has 2 bridgehead atoms. The third-order valence-electron chi connectivity index (χ3n) is 5.14. The summed E-state index contributed by atoms with van der Waals surface area (Å²) in [5.74, 6) is 0.559. The molecule has 2 aliphatic heterocycles. The number of ether oxygens (including phenoxy) is 2. The van der Waals surface area contributed by atoms with Crippen LogP contribution in [0.25, 0.3) is 0 Å². The number of benzene rings is 1. The second-order valence-electron chi connectivity index (χ2n) is 6.41. The van der Waals surface area contributed by atoms with Crippen LogP contribution in [-0.4, -0.2) is 37.0 Å². The summed E-state index contributed by atoms with van der Waals surface area (Å²) in [6, 6.07) is 8.13. The molecule has 2 aliphatic rings. The average Bonchev–Trinajstić information content (AvgIpc) is 3.13. The molecule has 2 fully saturated rings. The van der Waals surface area contributed by atoms with Gasteiger partial charge in [-0.05, 0) is 42.7 Å². The van der Waals surface area contributed by atoms with E-state index in [1.165, 1.54) is 12.7 Å². The predicted octanol–water partition coefficient (Wildman–Crippen LogP) is 2.12. The molecule has 2 heterocycles. The summed E-state index contributed by atoms with van der Waals surface area (Å²) < 4.78 is 10.7. The van der Waals surface area contributed by atoms with Crippen LogP contribution in [0, 0.1) is 11.8 Å². The van der Waals surface area contributed by atoms with Gasteiger partial charge in [-0.1, -0.05) is 24.3 Å². The van der Waals surface area contributed by atoms with Crippen molar-refractivity contribution in [2.24, 2.45) is 11.8 Å². The Balaban J connectivity index is 1.59. The summed E-state index contributed by atoms with van der Waals surface area (Å²) in [5, 5.41) is 9.59. The number of aliphatic hydroxyl groups excluding tert-OH is 1. The summed E-state index contributed by atoms with van der Waals surface area (Å²) in [4.78, 5) is 11.4. The highest BCUT2D eigenvalue weighted by molar-refractivity contribution is 5.72. The van der Waals surface area contributed by atoms with Gasteiger partial charge < -0.3 is 14.6 Å². The zero-order valence-electron chi connectivity index (χ0n) is 13.0. The van der Waals surface area contributed by atoms with Gasteiger partial charge in [-0.25, -0.2) is 0 Å². The van der Waals surface area contributed by atoms with E-state index in [1.54, 1.807) is 0 Å². The van der Waals surface area contributed by atoms with E-state index in [9.17, 15) is 9.90 Å². The Morgan fingerprint density at radius 3 is 2.73 bits per heavy atom. The zero-order chi connectivity index (χ0) is 15.5. The van der Waals surface area contributed by atoms with Crippen LogP contribution in [-0.2, 0) is 27.1 Å². The van der Waals surface area contributed by atoms with Gasteiger partial charge in [-0.2, -0.15) is 0 Å². The number of methoxy groups -OCH3 is 1. The van der Waals surface area contributed by atoms with Crippen LogP contribution < -0.4 is 0 Å². The zero-order valence-corrected chi connectivity index (χ0v) is 13.0. The van der Waals surface area contributed by atoms with E-state index >= 15 is 0 Å². The third kappa shape index (κ3) is 3.18. The fourth-order valence-corrected chi connectivity index (χ4v) is 3.99. The monoisotopic (exact) mass is 304 g/mol. The normalized spacial score (nSPS) is 29.7. The number of hydrogen-bond donors (Lipinski definition) is 1. The van der Waals surface area contributed by atoms with Gasteiger partial charge in [0.15, 0.2) is 0 Å². The molecular weight excluding hydrogens is 280 g/mol. The molecule has 4 nitrogen and oxygen atoms in total. The first-order valence-corrected chi connectivity index (χ1v) is 8.12. The SMILES string of the molecule is COC(=O)Cc1cccc(CC[C@@H]2[C@H](CO)[C@H]3CC[C@@H]2O3)c1. The Hall–Kier alpha value is -1.39. The lowest BCUT2D eigenvalue weighted by Gasteiger charge is -2.26. The number of aryl methyl sites for hydroxylation is 1. The molecule has 1 N–H and O–H groups in total. The van der Waals surface area contributed by atoms with Crippen molar-refractivity contribution >= 4 is 5.97 Å². The van der Waals surface area contributed by atoms with Crippen molar-refractivity contribution < 1.29 is 19.4 Å². The van der Waals surface area contributed by atoms with Crippen LogP contribution in [0.5, 0.6) is 0 Å². The maximum atomic E-state index is 11.4. The molecule has 0 aliphatic carbocycles. The number of hydrogen-bond acceptors (Lipinski definition) is 4. The first-order chi connectivity index (χ1) is 10.7. The number of rotatable bonds is 6. The Labute approximate surface area is 131 Å². The van der Waals surface area contributed by atoms with Crippen molar-refractivity contribution in [1.82, 2.24) is 0 Å². The van der Waals surface area contributed by atoms with E-state index in [4.69, 9.17) is 9.47 Å². The van der Waals surface area contributed by atoms with Crippen molar-refractivity contribution in [1.29, 1.82) is 0 Å². The molecule has 1 aromatic rings. The van der Waals surface area contributed by atoms with E-state index in [2.05, 4.69) is 12.1 Å². The third-order valence-corrected chi connectivity index (χ3v) is 5.14. The molecule has 0 spiro atoms. The molecule has 0 amide bonds. The Morgan fingerprint density at radius 1 is 1.27 bits per heavy atom. The van der Waals surface area contributed by atoms with Crippen molar-refractivity contribution in [2.75, 3.05) is 13.7 Å². The fourth-order valence-electron chi connectivity index (χ4n) is 3.99. The standard InChI is InChI=1S/C18H24O4/c1-21-18(20)10-13-4-2-3-12(9-13)5-6-14-15(11-19)17-8-7-16(14)22-17/h2-4,9,14-17,19H,5-8,10-11H2,1H3/t14-,15+,16+,17-/m1/s1. The highest BCUT2D eigenvalue weighted by Gasteiger charge is 2.47. The van der Waals surface area contributed by atoms with E-state index in [-0.39, 0.29) is 18.7 Å². The second kappa shape index (κ2) is 6.80. The number of carbonyl (C=O) groups excluding carboxylic acids is 1. The van der Waals surface area contributed by atoms with Crippen LogP contribution in [0.2, 0.25) is 0 Å². The molecule has 2 saturated heterocycles. The van der Waals surface area contributed by atoms with Crippen molar-refractivity contribution in [3.05, 3.63) is 35.4 Å². The lowest BCUT2D eigenvalue weighted by Crippen LogP contribution is -2.30. The minimum absolute atomic E-state index is 0.209. The molecular formula is C18H24O4. The molecule has 4 heteroatoms. The van der Waals surface area contributed by atoms with Gasteiger partial charge in [0.2, 0.25) is 0 Å². The number of esters is 1. The van der Waals surface area contributed by atoms with Crippen molar-refractivity contribution in [3.63, 3.8) is 0 Å². The molecule has 1 aromatic carbocycles. The number of fused-ring (bicyclic) bond motifs is 2. The molecule has 0 radical (unpaired) electrons. The summed E-state index contributed by atoms with van der Waals surface area (Å²) >= 11 is 0. The first kappa shape index (κ1) is 15.5. The van der Waals surface area contributed by atoms with Crippen LogP contribution in [0.3, 0.4) is 0 Å². The highest BCUT2D eigenvalue weighted by Crippen LogP contribution is 2.45. The summed E-state index contributed by atoms with van der Waals surface area (Å²) in [5.41, 5.74) is 2.23. The van der Waals surface area contributed by atoms with Gasteiger partial charge in [-0.15, -0.1) is 0 Å². The van der Waals surface area contributed by atoms with Crippen LogP contribution >= 0.6 is 0 Å². The average molecular weight is 304 g/mol. The summed E-state index contributed by atoms with van der Waals surface area (Å²) in [6.07, 6.45) is 5.15. The minimum atomic E-state index is -0.209. The first-order valence-electron chi connectivity index (χ1n) is 8.12. The largest absolute Gasteiger partial charge is 0.469 e. The molecule has 120 valence electrons. The van der Waals surface area contributed by atoms with Crippen molar-refractivity contribution in [3.8, 4) is 0 Å². The maximum Gasteiger partial charge on any atom is 0.309 e. The minimum Gasteiger partial charge on any atom is -0.469 e. The van der Waals surface area contributed by atoms with E-state index in [0.29, 0.717) is 24.4 Å². The van der Waals surface area contributed by atoms with Gasteiger partial charge in [0, 0.05) is 12.5 Å². The van der Waals surface area contributed by atoms with E-state index < -0.39 is 0 Å². The lowest BCUT2D eigenvalue weighted by molar-refractivity contribution is -0.139. The van der Waals surface area contributed by atoms with Gasteiger partial charge in [0.25, 0.3) is 0 Å². The van der Waals surface area contributed by atoms with Crippen LogP contribution in [0.1, 0.15) is 30.4 Å². The number of carbonyl (C=O) groups is 1. The Kier molecular flexibility index (Phi) is 4.79. The molecule has 0 aromatic heterocycles. The molecule has 3 rings (SSSR count). The maximum absolute atomic E-state index is 11.4. The molecule has 22 heavy (non-hydrogen) atoms. The molecule has 0 saturated carbocycles. The molecule has 0 unspecified atom stereocenters. The van der Waals surface area contributed by atoms with Crippen LogP contribution in [0.4, 0.5) is 0 Å². The predicted molar refractivity (Wildman–Crippen MR) is 82.4 cm³/mol. The van der Waals surface area contributed by atoms with Gasteiger partial charge in [0.05, 0.1) is 25.7 Å². The second-order valence-corrected chi connectivity index (χ2v) is 6.41. The Morgan fingerprint density at radius 2 is 2.00 bits per heavy atom. The van der Waals surface area contributed by atoms with Crippen molar-refractivity contribution in [2.45, 2.75) is 44.3 Å². The molecule has 4 atom stereocenters. The summed E-state index contributed by atoms with van der Waals surface area (Å²) in [6.45, 7) is 0.230. The fraction of sp³-hybridized carbons (Fsp3) is 0.611. The summed E-state index contributed by atoms with van der Waals surface area (Å²) in [7, 11) is 1.41. The van der Waals surface area contributed by atoms with Gasteiger partial charge in [-0.3, -0.25) is 4.79 Å². The number of aliphatic hydroxyl groups is 1. The quantitative estimate of drug-likeness (QED) is 0.818. The lowest BCUT2D eigenvalue weighted by atomic mass is 9.77. The van der Waals surface area contributed by atoms with E-state index in [0.717, 1.165) is 31.2 Å². The van der Waals surface area contributed by atoms with Gasteiger partial charge >= 0.3 is 5.97 Å². The Bertz CT molecular complexity index is 528.